The standard InChI is InChI=1S/C13H14O6/c1-3-10(14)18-8-6-5-7-9(12(8)13(16)17)19-11(15)4-2/h5-7H,3-4H2,1-2H3,(H,16,17). The lowest BCUT2D eigenvalue weighted by Gasteiger charge is -2.11. The summed E-state index contributed by atoms with van der Waals surface area (Å²) in [6.07, 6.45) is 0.218. The van der Waals surface area contributed by atoms with E-state index in [-0.39, 0.29) is 29.9 Å². The monoisotopic (exact) mass is 266 g/mol. The molecular formula is C13H14O6. The van der Waals surface area contributed by atoms with Gasteiger partial charge in [-0.25, -0.2) is 4.79 Å². The van der Waals surface area contributed by atoms with E-state index in [1.54, 1.807) is 13.8 Å². The summed E-state index contributed by atoms with van der Waals surface area (Å²) in [7, 11) is 0. The third kappa shape index (κ3) is 3.80. The van der Waals surface area contributed by atoms with Crippen LogP contribution in [0.15, 0.2) is 18.2 Å². The van der Waals surface area contributed by atoms with Crippen molar-refractivity contribution in [3.63, 3.8) is 0 Å². The first-order valence-electron chi connectivity index (χ1n) is 5.77. The van der Waals surface area contributed by atoms with Crippen molar-refractivity contribution in [2.75, 3.05) is 0 Å². The molecule has 0 unspecified atom stereocenters. The molecule has 0 radical (unpaired) electrons. The van der Waals surface area contributed by atoms with E-state index in [0.29, 0.717) is 0 Å². The normalized spacial score (nSPS) is 9.79. The Hall–Kier alpha value is -2.37. The number of hydrogen-bond acceptors (Lipinski definition) is 5. The second kappa shape index (κ2) is 6.53. The first-order valence-corrected chi connectivity index (χ1v) is 5.77. The van der Waals surface area contributed by atoms with E-state index in [0.717, 1.165) is 0 Å². The first kappa shape index (κ1) is 14.7. The minimum atomic E-state index is -1.33. The fraction of sp³-hybridized carbons (Fsp3) is 0.308. The van der Waals surface area contributed by atoms with Gasteiger partial charge in [-0.3, -0.25) is 9.59 Å². The van der Waals surface area contributed by atoms with Crippen LogP contribution in [0.3, 0.4) is 0 Å². The number of esters is 2. The fourth-order valence-corrected chi connectivity index (χ4v) is 1.28. The molecule has 0 saturated carbocycles. The third-order valence-corrected chi connectivity index (χ3v) is 2.23. The number of rotatable bonds is 5. The molecule has 0 aliphatic rings. The zero-order chi connectivity index (χ0) is 14.4. The van der Waals surface area contributed by atoms with Gasteiger partial charge in [0.15, 0.2) is 0 Å². The number of carbonyl (C=O) groups excluding carboxylic acids is 2. The molecule has 0 amide bonds. The molecule has 0 heterocycles. The highest BCUT2D eigenvalue weighted by Crippen LogP contribution is 2.29. The number of aromatic carboxylic acids is 1. The third-order valence-electron chi connectivity index (χ3n) is 2.23. The summed E-state index contributed by atoms with van der Waals surface area (Å²) < 4.78 is 9.80. The van der Waals surface area contributed by atoms with E-state index < -0.39 is 17.9 Å². The molecule has 1 rings (SSSR count). The molecule has 0 aromatic heterocycles. The lowest BCUT2D eigenvalue weighted by Crippen LogP contribution is -2.13. The molecule has 0 aliphatic carbocycles. The highest BCUT2D eigenvalue weighted by Gasteiger charge is 2.21. The summed E-state index contributed by atoms with van der Waals surface area (Å²) in [5.41, 5.74) is -0.342. The van der Waals surface area contributed by atoms with Gasteiger partial charge in [-0.05, 0) is 12.1 Å². The molecule has 0 atom stereocenters. The second-order valence-corrected chi connectivity index (χ2v) is 3.59. The van der Waals surface area contributed by atoms with E-state index in [9.17, 15) is 14.4 Å². The van der Waals surface area contributed by atoms with E-state index in [1.807, 2.05) is 0 Å². The number of benzene rings is 1. The SMILES string of the molecule is CCC(=O)Oc1cccc(OC(=O)CC)c1C(=O)O. The van der Waals surface area contributed by atoms with Gasteiger partial charge >= 0.3 is 17.9 Å². The Morgan fingerprint density at radius 1 is 1.00 bits per heavy atom. The number of carboxylic acid groups (broad SMARTS) is 1. The Morgan fingerprint density at radius 3 is 1.74 bits per heavy atom. The van der Waals surface area contributed by atoms with Crippen LogP contribution in [0.2, 0.25) is 0 Å². The van der Waals surface area contributed by atoms with Gasteiger partial charge in [0.25, 0.3) is 0 Å². The van der Waals surface area contributed by atoms with Crippen molar-refractivity contribution in [1.82, 2.24) is 0 Å². The Morgan fingerprint density at radius 2 is 1.42 bits per heavy atom. The lowest BCUT2D eigenvalue weighted by atomic mass is 10.1. The average molecular weight is 266 g/mol. The lowest BCUT2D eigenvalue weighted by molar-refractivity contribution is -0.134. The van der Waals surface area contributed by atoms with Gasteiger partial charge in [-0.2, -0.15) is 0 Å². The Kier molecular flexibility index (Phi) is 5.05. The van der Waals surface area contributed by atoms with Crippen LogP contribution in [0.4, 0.5) is 0 Å². The Bertz CT molecular complexity index is 470. The van der Waals surface area contributed by atoms with Crippen molar-refractivity contribution in [2.24, 2.45) is 0 Å². The first-order chi connectivity index (χ1) is 8.99. The number of carbonyl (C=O) groups is 3. The average Bonchev–Trinajstić information content (AvgIpc) is 2.38. The van der Waals surface area contributed by atoms with Crippen molar-refractivity contribution in [1.29, 1.82) is 0 Å². The van der Waals surface area contributed by atoms with Gasteiger partial charge in [-0.15, -0.1) is 0 Å². The zero-order valence-electron chi connectivity index (χ0n) is 10.6. The quantitative estimate of drug-likeness (QED) is 0.647. The van der Waals surface area contributed by atoms with Crippen LogP contribution in [0, 0.1) is 0 Å². The van der Waals surface area contributed by atoms with Crippen molar-refractivity contribution < 1.29 is 29.0 Å². The largest absolute Gasteiger partial charge is 0.477 e. The van der Waals surface area contributed by atoms with Crippen LogP contribution >= 0.6 is 0 Å². The Labute approximate surface area is 109 Å². The fourth-order valence-electron chi connectivity index (χ4n) is 1.28. The van der Waals surface area contributed by atoms with E-state index >= 15 is 0 Å². The highest BCUT2D eigenvalue weighted by molar-refractivity contribution is 5.96. The Balaban J connectivity index is 3.17. The van der Waals surface area contributed by atoms with Crippen LogP contribution in [-0.2, 0) is 9.59 Å². The van der Waals surface area contributed by atoms with Gasteiger partial charge in [-0.1, -0.05) is 19.9 Å². The molecule has 1 aromatic rings. The molecule has 0 spiro atoms. The predicted molar refractivity (Wildman–Crippen MR) is 65.3 cm³/mol. The van der Waals surface area contributed by atoms with Crippen molar-refractivity contribution in [3.05, 3.63) is 23.8 Å². The van der Waals surface area contributed by atoms with Crippen LogP contribution in [0.25, 0.3) is 0 Å². The van der Waals surface area contributed by atoms with Gasteiger partial charge < -0.3 is 14.6 Å². The minimum absolute atomic E-state index is 0.109. The van der Waals surface area contributed by atoms with Gasteiger partial charge in [0, 0.05) is 12.8 Å². The smallest absolute Gasteiger partial charge is 0.343 e. The molecule has 6 nitrogen and oxygen atoms in total. The van der Waals surface area contributed by atoms with Gasteiger partial charge in [0.1, 0.15) is 17.1 Å². The summed E-state index contributed by atoms with van der Waals surface area (Å²) >= 11 is 0. The van der Waals surface area contributed by atoms with Crippen LogP contribution < -0.4 is 9.47 Å². The molecule has 0 saturated heterocycles. The van der Waals surface area contributed by atoms with Crippen LogP contribution in [-0.4, -0.2) is 23.0 Å². The van der Waals surface area contributed by atoms with Gasteiger partial charge in [0.05, 0.1) is 0 Å². The summed E-state index contributed by atoms with van der Waals surface area (Å²) in [5, 5.41) is 9.14. The van der Waals surface area contributed by atoms with E-state index in [4.69, 9.17) is 14.6 Å². The van der Waals surface area contributed by atoms with Gasteiger partial charge in [0.2, 0.25) is 0 Å². The highest BCUT2D eigenvalue weighted by atomic mass is 16.5. The van der Waals surface area contributed by atoms with Crippen molar-refractivity contribution >= 4 is 17.9 Å². The van der Waals surface area contributed by atoms with E-state index in [2.05, 4.69) is 0 Å². The maximum absolute atomic E-state index is 11.2. The summed E-state index contributed by atoms with van der Waals surface area (Å²) in [6, 6.07) is 4.11. The topological polar surface area (TPSA) is 89.9 Å². The molecule has 102 valence electrons. The molecule has 0 aliphatic heterocycles. The molecule has 0 fully saturated rings. The number of hydrogen-bond donors (Lipinski definition) is 1. The summed E-state index contributed by atoms with van der Waals surface area (Å²) in [4.78, 5) is 33.6. The number of carboxylic acids is 1. The number of ether oxygens (including phenoxy) is 2. The minimum Gasteiger partial charge on any atom is -0.477 e. The molecule has 6 heteroatoms. The van der Waals surface area contributed by atoms with E-state index in [1.165, 1.54) is 18.2 Å². The molecule has 1 aromatic carbocycles. The van der Waals surface area contributed by atoms with Crippen LogP contribution in [0.5, 0.6) is 11.5 Å². The molecule has 1 N–H and O–H groups in total. The second-order valence-electron chi connectivity index (χ2n) is 3.59. The van der Waals surface area contributed by atoms with Crippen molar-refractivity contribution in [2.45, 2.75) is 26.7 Å². The van der Waals surface area contributed by atoms with Crippen molar-refractivity contribution in [3.8, 4) is 11.5 Å². The predicted octanol–water partition coefficient (Wildman–Crippen LogP) is 2.02. The summed E-state index contributed by atoms with van der Waals surface area (Å²) in [6.45, 7) is 3.17. The maximum Gasteiger partial charge on any atom is 0.343 e. The maximum atomic E-state index is 11.2. The zero-order valence-corrected chi connectivity index (χ0v) is 10.6. The summed E-state index contributed by atoms with van der Waals surface area (Å²) in [5.74, 6) is -2.75. The molecule has 0 bridgehead atoms. The molecular weight excluding hydrogens is 252 g/mol. The molecule has 19 heavy (non-hydrogen) atoms. The van der Waals surface area contributed by atoms with Crippen LogP contribution in [0.1, 0.15) is 37.0 Å².